The van der Waals surface area contributed by atoms with Crippen LogP contribution in [0.2, 0.25) is 0 Å². The van der Waals surface area contributed by atoms with Crippen LogP contribution in [0.15, 0.2) is 0 Å². The number of rotatable bonds is 4. The maximum Gasteiger partial charge on any atom is 0.212 e. The van der Waals surface area contributed by atoms with E-state index in [9.17, 15) is 13.5 Å². The van der Waals surface area contributed by atoms with Gasteiger partial charge in [-0.1, -0.05) is 20.8 Å². The molecular formula is C12H23NO3S. The highest BCUT2D eigenvalue weighted by molar-refractivity contribution is 7.89. The molecule has 0 saturated heterocycles. The average Bonchev–Trinajstić information content (AvgIpc) is 2.50. The molecule has 0 spiro atoms. The Kier molecular flexibility index (Phi) is 3.08. The van der Waals surface area contributed by atoms with Gasteiger partial charge in [0.25, 0.3) is 0 Å². The Balaban J connectivity index is 2.29. The molecule has 0 aromatic heterocycles. The summed E-state index contributed by atoms with van der Waals surface area (Å²) in [5.41, 5.74) is -0.520. The fourth-order valence-electron chi connectivity index (χ4n) is 3.99. The lowest BCUT2D eigenvalue weighted by molar-refractivity contribution is 0.0152. The van der Waals surface area contributed by atoms with Crippen LogP contribution in [0.3, 0.4) is 0 Å². The van der Waals surface area contributed by atoms with Gasteiger partial charge in [-0.2, -0.15) is 0 Å². The minimum Gasteiger partial charge on any atom is -0.392 e. The first kappa shape index (κ1) is 13.3. The summed E-state index contributed by atoms with van der Waals surface area (Å²) in [6, 6.07) is 0. The van der Waals surface area contributed by atoms with Crippen molar-refractivity contribution >= 4 is 10.0 Å². The largest absolute Gasteiger partial charge is 0.392 e. The summed E-state index contributed by atoms with van der Waals surface area (Å²) in [6.07, 6.45) is 2.17. The van der Waals surface area contributed by atoms with E-state index < -0.39 is 21.5 Å². The van der Waals surface area contributed by atoms with E-state index in [1.807, 2.05) is 0 Å². The molecule has 3 atom stereocenters. The second-order valence-electron chi connectivity index (χ2n) is 6.12. The molecule has 0 heterocycles. The van der Waals surface area contributed by atoms with Crippen LogP contribution in [0.5, 0.6) is 0 Å². The summed E-state index contributed by atoms with van der Waals surface area (Å²) in [5, 5.41) is 10.2. The van der Waals surface area contributed by atoms with E-state index >= 15 is 0 Å². The Morgan fingerprint density at radius 2 is 2.06 bits per heavy atom. The van der Waals surface area contributed by atoms with Crippen molar-refractivity contribution in [3.05, 3.63) is 0 Å². The van der Waals surface area contributed by atoms with Gasteiger partial charge in [-0.3, -0.25) is 0 Å². The smallest absolute Gasteiger partial charge is 0.212 e. The fourth-order valence-corrected chi connectivity index (χ4v) is 5.92. The van der Waals surface area contributed by atoms with Crippen molar-refractivity contribution in [3.63, 3.8) is 0 Å². The molecule has 0 aromatic rings. The second kappa shape index (κ2) is 3.93. The van der Waals surface area contributed by atoms with Crippen LogP contribution < -0.4 is 4.72 Å². The monoisotopic (exact) mass is 261 g/mol. The normalized spacial score (nSPS) is 39.8. The molecule has 2 bridgehead atoms. The van der Waals surface area contributed by atoms with Gasteiger partial charge in [-0.15, -0.1) is 0 Å². The summed E-state index contributed by atoms with van der Waals surface area (Å²) >= 11 is 0. The van der Waals surface area contributed by atoms with Crippen LogP contribution >= 0.6 is 0 Å². The number of fused-ring (bicyclic) bond motifs is 2. The molecule has 2 aliphatic carbocycles. The van der Waals surface area contributed by atoms with Crippen LogP contribution in [-0.4, -0.2) is 31.9 Å². The van der Waals surface area contributed by atoms with Crippen molar-refractivity contribution in [2.45, 2.75) is 46.1 Å². The van der Waals surface area contributed by atoms with Gasteiger partial charge in [-0.25, -0.2) is 13.1 Å². The molecule has 0 aromatic carbocycles. The Morgan fingerprint density at radius 1 is 1.41 bits per heavy atom. The highest BCUT2D eigenvalue weighted by Crippen LogP contribution is 2.65. The summed E-state index contributed by atoms with van der Waals surface area (Å²) in [5.74, 6) is 0.535. The number of aliphatic hydroxyl groups is 1. The van der Waals surface area contributed by atoms with Crippen molar-refractivity contribution < 1.29 is 13.5 Å². The molecule has 100 valence electrons. The maximum atomic E-state index is 12.0. The first-order valence-corrected chi connectivity index (χ1v) is 8.06. The van der Waals surface area contributed by atoms with E-state index in [1.54, 1.807) is 6.92 Å². The summed E-state index contributed by atoms with van der Waals surface area (Å²) in [6.45, 7) is 6.42. The van der Waals surface area contributed by atoms with Crippen molar-refractivity contribution in [1.29, 1.82) is 0 Å². The van der Waals surface area contributed by atoms with Crippen molar-refractivity contribution in [1.82, 2.24) is 4.72 Å². The minimum atomic E-state index is -3.27. The third kappa shape index (κ3) is 1.83. The summed E-state index contributed by atoms with van der Waals surface area (Å²) < 4.78 is 26.5. The van der Waals surface area contributed by atoms with Gasteiger partial charge in [0.1, 0.15) is 0 Å². The molecule has 2 saturated carbocycles. The van der Waals surface area contributed by atoms with E-state index in [2.05, 4.69) is 18.6 Å². The molecule has 0 amide bonds. The van der Waals surface area contributed by atoms with Crippen LogP contribution in [0, 0.1) is 16.7 Å². The lowest BCUT2D eigenvalue weighted by Crippen LogP contribution is -2.47. The quantitative estimate of drug-likeness (QED) is 0.797. The molecule has 0 radical (unpaired) electrons. The third-order valence-corrected chi connectivity index (χ3v) is 6.82. The van der Waals surface area contributed by atoms with Gasteiger partial charge in [0.15, 0.2) is 0 Å². The summed E-state index contributed by atoms with van der Waals surface area (Å²) in [7, 11) is -3.27. The topological polar surface area (TPSA) is 66.4 Å². The van der Waals surface area contributed by atoms with Crippen LogP contribution in [0.25, 0.3) is 0 Å². The van der Waals surface area contributed by atoms with Crippen LogP contribution in [0.1, 0.15) is 40.0 Å². The Bertz CT molecular complexity index is 404. The average molecular weight is 261 g/mol. The maximum absolute atomic E-state index is 12.0. The lowest BCUT2D eigenvalue weighted by Gasteiger charge is -2.40. The zero-order valence-electron chi connectivity index (χ0n) is 10.9. The van der Waals surface area contributed by atoms with Crippen molar-refractivity contribution in [3.8, 4) is 0 Å². The number of aliphatic hydroxyl groups excluding tert-OH is 1. The van der Waals surface area contributed by atoms with Crippen LogP contribution in [0.4, 0.5) is 0 Å². The molecule has 5 heteroatoms. The van der Waals surface area contributed by atoms with Crippen LogP contribution in [-0.2, 0) is 10.0 Å². The molecule has 4 nitrogen and oxygen atoms in total. The van der Waals surface area contributed by atoms with E-state index in [0.29, 0.717) is 12.5 Å². The Hall–Kier alpha value is -0.130. The van der Waals surface area contributed by atoms with Crippen molar-refractivity contribution in [2.75, 3.05) is 12.3 Å². The fraction of sp³-hybridized carbons (Fsp3) is 1.00. The molecule has 2 rings (SSSR count). The summed E-state index contributed by atoms with van der Waals surface area (Å²) in [4.78, 5) is 0. The van der Waals surface area contributed by atoms with Gasteiger partial charge in [0, 0.05) is 12.0 Å². The van der Waals surface area contributed by atoms with Gasteiger partial charge in [-0.05, 0) is 30.6 Å². The van der Waals surface area contributed by atoms with E-state index in [-0.39, 0.29) is 11.2 Å². The van der Waals surface area contributed by atoms with Gasteiger partial charge in [0.2, 0.25) is 10.0 Å². The minimum absolute atomic E-state index is 0.0680. The zero-order valence-corrected chi connectivity index (χ0v) is 11.7. The molecule has 2 aliphatic rings. The highest BCUT2D eigenvalue weighted by Gasteiger charge is 2.64. The Labute approximate surface area is 104 Å². The molecule has 17 heavy (non-hydrogen) atoms. The molecular weight excluding hydrogens is 238 g/mol. The number of nitrogens with one attached hydrogen (secondary N) is 1. The Morgan fingerprint density at radius 3 is 2.47 bits per heavy atom. The first-order valence-electron chi connectivity index (χ1n) is 6.40. The van der Waals surface area contributed by atoms with Gasteiger partial charge in [0.05, 0.1) is 11.9 Å². The zero-order chi connectivity index (χ0) is 12.9. The predicted molar refractivity (Wildman–Crippen MR) is 67.0 cm³/mol. The predicted octanol–water partition coefficient (Wildman–Crippen LogP) is 1.11. The van der Waals surface area contributed by atoms with Gasteiger partial charge < -0.3 is 5.11 Å². The molecule has 2 N–H and O–H groups in total. The molecule has 3 unspecified atom stereocenters. The number of hydrogen-bond acceptors (Lipinski definition) is 3. The second-order valence-corrected chi connectivity index (χ2v) is 7.93. The lowest BCUT2D eigenvalue weighted by atomic mass is 9.70. The molecule has 0 aliphatic heterocycles. The number of sulfonamides is 1. The van der Waals surface area contributed by atoms with E-state index in [4.69, 9.17) is 0 Å². The first-order chi connectivity index (χ1) is 7.75. The van der Waals surface area contributed by atoms with Crippen molar-refractivity contribution in [2.24, 2.45) is 16.7 Å². The standard InChI is InChI=1S/C12H23NO3S/c1-4-13-17(15,16)8-12-6-5-9(7-10(12)14)11(12,2)3/h9-10,13-14H,4-8H2,1-3H3. The third-order valence-electron chi connectivity index (χ3n) is 5.20. The van der Waals surface area contributed by atoms with E-state index in [1.165, 1.54) is 0 Å². The van der Waals surface area contributed by atoms with Gasteiger partial charge >= 0.3 is 0 Å². The SMILES string of the molecule is CCNS(=O)(=O)CC12CCC(CC1O)C2(C)C. The highest BCUT2D eigenvalue weighted by atomic mass is 32.2. The number of hydrogen-bond donors (Lipinski definition) is 2. The van der Waals surface area contributed by atoms with E-state index in [0.717, 1.165) is 19.3 Å². The molecule has 2 fully saturated rings.